The number of hydrogen-bond donors (Lipinski definition) is 0. The number of nitrogens with zero attached hydrogens (tertiary/aromatic N) is 1. The molecule has 0 unspecified atom stereocenters. The van der Waals surface area contributed by atoms with Gasteiger partial charge in [-0.15, -0.1) is 0 Å². The smallest absolute Gasteiger partial charge is 0.410 e. The van der Waals surface area contributed by atoms with Gasteiger partial charge in [-0.05, 0) is 41.3 Å². The van der Waals surface area contributed by atoms with E-state index in [0.29, 0.717) is 24.5 Å². The lowest BCUT2D eigenvalue weighted by atomic mass is 9.89. The molecule has 0 aromatic heterocycles. The van der Waals surface area contributed by atoms with Crippen LogP contribution in [0.25, 0.3) is 0 Å². The normalized spacial score (nSPS) is 19.8. The van der Waals surface area contributed by atoms with Crippen molar-refractivity contribution in [1.82, 2.24) is 4.90 Å². The monoisotopic (exact) mass is 409 g/mol. The van der Waals surface area contributed by atoms with E-state index in [1.54, 1.807) is 25.2 Å². The maximum atomic E-state index is 13.0. The zero-order valence-corrected chi connectivity index (χ0v) is 16.9. The number of carbonyl (C=O) groups excluding carboxylic acids is 2. The lowest BCUT2D eigenvalue weighted by molar-refractivity contribution is -0.141. The molecule has 2 aliphatic rings. The van der Waals surface area contributed by atoms with E-state index in [-0.39, 0.29) is 6.61 Å². The highest BCUT2D eigenvalue weighted by molar-refractivity contribution is 5.84. The van der Waals surface area contributed by atoms with E-state index in [1.807, 2.05) is 42.5 Å². The number of fused-ring (bicyclic) bond motifs is 1. The molecule has 7 heteroatoms. The van der Waals surface area contributed by atoms with Gasteiger partial charge in [-0.25, -0.2) is 9.59 Å². The van der Waals surface area contributed by atoms with E-state index in [0.717, 1.165) is 16.7 Å². The van der Waals surface area contributed by atoms with Crippen molar-refractivity contribution in [2.24, 2.45) is 0 Å². The number of amides is 1. The van der Waals surface area contributed by atoms with E-state index < -0.39 is 24.2 Å². The van der Waals surface area contributed by atoms with Crippen LogP contribution in [-0.2, 0) is 27.3 Å². The zero-order chi connectivity index (χ0) is 21.1. The van der Waals surface area contributed by atoms with Crippen molar-refractivity contribution in [2.75, 3.05) is 20.8 Å². The zero-order valence-electron chi connectivity index (χ0n) is 16.9. The maximum absolute atomic E-state index is 13.0. The summed E-state index contributed by atoms with van der Waals surface area (Å²) in [7, 11) is 3.14. The molecule has 0 bridgehead atoms. The molecule has 2 heterocycles. The van der Waals surface area contributed by atoms with Crippen LogP contribution in [0.1, 0.15) is 22.7 Å². The number of ether oxygens (including phenoxy) is 4. The van der Waals surface area contributed by atoms with Gasteiger partial charge < -0.3 is 18.9 Å². The minimum Gasteiger partial charge on any atom is -0.493 e. The average Bonchev–Trinajstić information content (AvgIpc) is 3.22. The van der Waals surface area contributed by atoms with Gasteiger partial charge in [0.15, 0.2) is 11.5 Å². The third kappa shape index (κ3) is 3.83. The Hall–Kier alpha value is -3.48. The summed E-state index contributed by atoms with van der Waals surface area (Å²) in [5, 5.41) is 0. The number of hydrogen-bond acceptors (Lipinski definition) is 6. The van der Waals surface area contributed by atoms with E-state index in [2.05, 4.69) is 0 Å². The molecule has 0 fully saturated rings. The fourth-order valence-electron chi connectivity index (χ4n) is 3.89. The van der Waals surface area contributed by atoms with Crippen LogP contribution in [0.15, 0.2) is 54.6 Å². The number of esters is 1. The third-order valence-electron chi connectivity index (χ3n) is 5.35. The molecule has 2 atom stereocenters. The fraction of sp³-hybridized carbons (Fsp3) is 0.304. The van der Waals surface area contributed by atoms with Crippen molar-refractivity contribution in [3.05, 3.63) is 71.3 Å². The summed E-state index contributed by atoms with van der Waals surface area (Å²) in [6, 6.07) is 12.7. The first kappa shape index (κ1) is 19.8. The van der Waals surface area contributed by atoms with Crippen molar-refractivity contribution in [3.63, 3.8) is 0 Å². The summed E-state index contributed by atoms with van der Waals surface area (Å²) in [6.07, 6.45) is 2.63. The number of benzene rings is 2. The van der Waals surface area contributed by atoms with Crippen LogP contribution < -0.4 is 9.47 Å². The largest absolute Gasteiger partial charge is 0.493 e. The Morgan fingerprint density at radius 1 is 1.13 bits per heavy atom. The van der Waals surface area contributed by atoms with Crippen LogP contribution in [-0.4, -0.2) is 43.8 Å². The molecule has 156 valence electrons. The van der Waals surface area contributed by atoms with Crippen molar-refractivity contribution in [3.8, 4) is 11.5 Å². The van der Waals surface area contributed by atoms with Gasteiger partial charge >= 0.3 is 12.1 Å². The van der Waals surface area contributed by atoms with E-state index in [9.17, 15) is 9.59 Å². The first-order valence-electron chi connectivity index (χ1n) is 9.71. The van der Waals surface area contributed by atoms with Gasteiger partial charge in [0.2, 0.25) is 0 Å². The quantitative estimate of drug-likeness (QED) is 0.705. The molecule has 2 aromatic rings. The van der Waals surface area contributed by atoms with Gasteiger partial charge in [0.25, 0.3) is 0 Å². The second kappa shape index (κ2) is 8.49. The second-order valence-corrected chi connectivity index (χ2v) is 7.10. The standard InChI is InChI=1S/C23H23NO6/c1-27-19-12-16-10-11-24(23(26)29-14-15-6-4-3-5-7-15)22(17(16)13-20(19)28-2)18-8-9-21(25)30-18/h3-9,12-13,18,22H,10-11,14H2,1-2H3/t18-,22+/m1/s1. The molecule has 0 saturated carbocycles. The Morgan fingerprint density at radius 3 is 2.53 bits per heavy atom. The molecule has 7 nitrogen and oxygen atoms in total. The van der Waals surface area contributed by atoms with Crippen molar-refractivity contribution in [2.45, 2.75) is 25.2 Å². The van der Waals surface area contributed by atoms with Gasteiger partial charge in [-0.2, -0.15) is 0 Å². The molecule has 0 spiro atoms. The van der Waals surface area contributed by atoms with Crippen LogP contribution in [0, 0.1) is 0 Å². The molecule has 0 saturated heterocycles. The highest BCUT2D eigenvalue weighted by Crippen LogP contribution is 2.41. The molecule has 30 heavy (non-hydrogen) atoms. The van der Waals surface area contributed by atoms with E-state index in [4.69, 9.17) is 18.9 Å². The van der Waals surface area contributed by atoms with Crippen molar-refractivity contribution in [1.29, 1.82) is 0 Å². The molecule has 0 N–H and O–H groups in total. The first-order valence-corrected chi connectivity index (χ1v) is 9.71. The number of cyclic esters (lactones) is 1. The predicted octanol–water partition coefficient (Wildman–Crippen LogP) is 3.42. The molecule has 1 amide bonds. The highest BCUT2D eigenvalue weighted by Gasteiger charge is 2.40. The second-order valence-electron chi connectivity index (χ2n) is 7.10. The Labute approximate surface area is 174 Å². The topological polar surface area (TPSA) is 74.3 Å². The summed E-state index contributed by atoms with van der Waals surface area (Å²) in [6.45, 7) is 0.602. The Morgan fingerprint density at radius 2 is 1.87 bits per heavy atom. The molecule has 2 aromatic carbocycles. The first-order chi connectivity index (χ1) is 14.6. The lowest BCUT2D eigenvalue weighted by Gasteiger charge is -2.38. The van der Waals surface area contributed by atoms with Crippen LogP contribution in [0.3, 0.4) is 0 Å². The van der Waals surface area contributed by atoms with Crippen molar-refractivity contribution >= 4 is 12.1 Å². The van der Waals surface area contributed by atoms with Gasteiger partial charge in [0.1, 0.15) is 18.8 Å². The van der Waals surface area contributed by atoms with Gasteiger partial charge in [0.05, 0.1) is 14.2 Å². The van der Waals surface area contributed by atoms with E-state index >= 15 is 0 Å². The fourth-order valence-corrected chi connectivity index (χ4v) is 3.89. The predicted molar refractivity (Wildman–Crippen MR) is 108 cm³/mol. The van der Waals surface area contributed by atoms with Crippen LogP contribution in [0.2, 0.25) is 0 Å². The SMILES string of the molecule is COc1cc2c(cc1OC)[C@@H]([C@H]1C=CC(=O)O1)N(C(=O)OCc1ccccc1)CC2. The molecular formula is C23H23NO6. The Kier molecular flexibility index (Phi) is 5.61. The Balaban J connectivity index is 1.64. The summed E-state index contributed by atoms with van der Waals surface area (Å²) in [5.41, 5.74) is 2.76. The number of methoxy groups -OCH3 is 2. The Bertz CT molecular complexity index is 971. The average molecular weight is 409 g/mol. The minimum absolute atomic E-state index is 0.169. The van der Waals surface area contributed by atoms with Crippen LogP contribution in [0.4, 0.5) is 4.79 Å². The number of rotatable bonds is 5. The van der Waals surface area contributed by atoms with E-state index in [1.165, 1.54) is 6.08 Å². The molecule has 0 radical (unpaired) electrons. The maximum Gasteiger partial charge on any atom is 0.410 e. The minimum atomic E-state index is -0.598. The molecular weight excluding hydrogens is 386 g/mol. The van der Waals surface area contributed by atoms with Gasteiger partial charge in [-0.3, -0.25) is 4.90 Å². The van der Waals surface area contributed by atoms with Gasteiger partial charge in [0, 0.05) is 12.6 Å². The summed E-state index contributed by atoms with van der Waals surface area (Å²) < 4.78 is 21.9. The highest BCUT2D eigenvalue weighted by atomic mass is 16.6. The lowest BCUT2D eigenvalue weighted by Crippen LogP contribution is -2.45. The van der Waals surface area contributed by atoms with Crippen LogP contribution in [0.5, 0.6) is 11.5 Å². The molecule has 4 rings (SSSR count). The van der Waals surface area contributed by atoms with Crippen LogP contribution >= 0.6 is 0 Å². The van der Waals surface area contributed by atoms with Crippen molar-refractivity contribution < 1.29 is 28.5 Å². The summed E-state index contributed by atoms with van der Waals surface area (Å²) >= 11 is 0. The third-order valence-corrected chi connectivity index (χ3v) is 5.35. The summed E-state index contributed by atoms with van der Waals surface area (Å²) in [4.78, 5) is 26.3. The van der Waals surface area contributed by atoms with Gasteiger partial charge in [-0.1, -0.05) is 30.3 Å². The molecule has 2 aliphatic heterocycles. The molecule has 0 aliphatic carbocycles. The summed E-state index contributed by atoms with van der Waals surface area (Å²) in [5.74, 6) is 0.744. The number of carbonyl (C=O) groups is 2.